The lowest BCUT2D eigenvalue weighted by atomic mass is 10.0. The second-order valence-corrected chi connectivity index (χ2v) is 6.98. The highest BCUT2D eigenvalue weighted by Gasteiger charge is 2.22. The highest BCUT2D eigenvalue weighted by Crippen LogP contribution is 2.32. The van der Waals surface area contributed by atoms with Gasteiger partial charge in [0.1, 0.15) is 5.01 Å². The lowest BCUT2D eigenvalue weighted by Gasteiger charge is -2.15. The number of nitrogens with one attached hydrogen (secondary N) is 1. The number of nitrogens with zero attached hydrogens (tertiary/aromatic N) is 1. The van der Waals surface area contributed by atoms with Gasteiger partial charge in [0.25, 0.3) is 5.91 Å². The number of aromatic nitrogens is 1. The van der Waals surface area contributed by atoms with E-state index in [4.69, 9.17) is 14.5 Å². The van der Waals surface area contributed by atoms with Crippen molar-refractivity contribution < 1.29 is 14.3 Å². The first kappa shape index (κ1) is 16.8. The Morgan fingerprint density at radius 1 is 1.25 bits per heavy atom. The molecular weight excluding hydrogens is 324 g/mol. The minimum Gasteiger partial charge on any atom is -0.493 e. The molecule has 0 fully saturated rings. The quantitative estimate of drug-likeness (QED) is 0.900. The van der Waals surface area contributed by atoms with E-state index in [1.807, 2.05) is 6.92 Å². The van der Waals surface area contributed by atoms with Crippen molar-refractivity contribution in [1.82, 2.24) is 10.3 Å². The summed E-state index contributed by atoms with van der Waals surface area (Å²) >= 11 is 1.72. The van der Waals surface area contributed by atoms with Crippen LogP contribution in [0.25, 0.3) is 0 Å². The van der Waals surface area contributed by atoms with Gasteiger partial charge in [-0.2, -0.15) is 0 Å². The molecule has 1 heterocycles. The fourth-order valence-corrected chi connectivity index (χ4v) is 4.12. The molecule has 3 rings (SSSR count). The van der Waals surface area contributed by atoms with Crippen LogP contribution >= 0.6 is 11.3 Å². The van der Waals surface area contributed by atoms with Crippen LogP contribution < -0.4 is 14.8 Å². The number of carbonyl (C=O) groups excluding carboxylic acids is 1. The van der Waals surface area contributed by atoms with Crippen LogP contribution in [0.5, 0.6) is 11.5 Å². The molecule has 5 nitrogen and oxygen atoms in total. The molecule has 6 heteroatoms. The van der Waals surface area contributed by atoms with E-state index in [1.165, 1.54) is 30.5 Å². The zero-order valence-corrected chi connectivity index (χ0v) is 15.0. The highest BCUT2D eigenvalue weighted by molar-refractivity contribution is 7.11. The Morgan fingerprint density at radius 2 is 2.04 bits per heavy atom. The number of aryl methyl sites for hydroxylation is 2. The van der Waals surface area contributed by atoms with Crippen LogP contribution in [-0.2, 0) is 12.8 Å². The lowest BCUT2D eigenvalue weighted by molar-refractivity contribution is 0.0936. The van der Waals surface area contributed by atoms with Crippen molar-refractivity contribution in [2.24, 2.45) is 0 Å². The number of fused-ring (bicyclic) bond motifs is 1. The van der Waals surface area contributed by atoms with Gasteiger partial charge in [0.05, 0.1) is 31.5 Å². The number of amides is 1. The number of benzene rings is 1. The predicted octanol–water partition coefficient (Wildman–Crippen LogP) is 3.53. The monoisotopic (exact) mass is 346 g/mol. The summed E-state index contributed by atoms with van der Waals surface area (Å²) < 4.78 is 10.6. The van der Waals surface area contributed by atoms with E-state index in [1.54, 1.807) is 36.6 Å². The molecule has 0 bridgehead atoms. The maximum atomic E-state index is 12.6. The van der Waals surface area contributed by atoms with Crippen LogP contribution in [0.2, 0.25) is 0 Å². The van der Waals surface area contributed by atoms with Crippen molar-refractivity contribution in [3.8, 4) is 11.5 Å². The zero-order chi connectivity index (χ0) is 17.1. The van der Waals surface area contributed by atoms with Gasteiger partial charge in [-0.05, 0) is 44.7 Å². The maximum Gasteiger partial charge on any atom is 0.255 e. The Hall–Kier alpha value is -2.08. The second-order valence-electron chi connectivity index (χ2n) is 5.87. The molecular formula is C18H22N2O3S. The molecule has 0 radical (unpaired) electrons. The third-order valence-corrected chi connectivity index (χ3v) is 5.57. The van der Waals surface area contributed by atoms with Gasteiger partial charge in [0, 0.05) is 4.88 Å². The van der Waals surface area contributed by atoms with Crippen LogP contribution in [0, 0.1) is 0 Å². The van der Waals surface area contributed by atoms with Crippen molar-refractivity contribution in [3.05, 3.63) is 39.3 Å². The van der Waals surface area contributed by atoms with Gasteiger partial charge in [-0.1, -0.05) is 6.07 Å². The molecule has 1 unspecified atom stereocenters. The van der Waals surface area contributed by atoms with Gasteiger partial charge < -0.3 is 14.8 Å². The number of ether oxygens (including phenoxy) is 2. The normalized spacial score (nSPS) is 14.6. The maximum absolute atomic E-state index is 12.6. The van der Waals surface area contributed by atoms with Crippen molar-refractivity contribution in [2.45, 2.75) is 38.6 Å². The lowest BCUT2D eigenvalue weighted by Crippen LogP contribution is -2.27. The molecule has 1 aliphatic rings. The van der Waals surface area contributed by atoms with Gasteiger partial charge in [-0.15, -0.1) is 11.3 Å². The molecule has 1 atom stereocenters. The van der Waals surface area contributed by atoms with Gasteiger partial charge in [0.15, 0.2) is 11.5 Å². The summed E-state index contributed by atoms with van der Waals surface area (Å²) in [5.74, 6) is 0.803. The Labute approximate surface area is 146 Å². The molecule has 128 valence electrons. The SMILES string of the molecule is COc1cccc(C(=O)NC(C)c2nc3c(s2)CCCC3)c1OC. The third kappa shape index (κ3) is 3.24. The summed E-state index contributed by atoms with van der Waals surface area (Å²) in [6.45, 7) is 1.97. The minimum atomic E-state index is -0.188. The highest BCUT2D eigenvalue weighted by atomic mass is 32.1. The first-order valence-corrected chi connectivity index (χ1v) is 8.96. The van der Waals surface area contributed by atoms with Gasteiger partial charge in [-0.25, -0.2) is 4.98 Å². The topological polar surface area (TPSA) is 60.5 Å². The molecule has 1 aromatic carbocycles. The summed E-state index contributed by atoms with van der Waals surface area (Å²) in [5, 5.41) is 3.99. The Bertz CT molecular complexity index is 718. The molecule has 0 spiro atoms. The average Bonchev–Trinajstić information content (AvgIpc) is 3.05. The first-order valence-electron chi connectivity index (χ1n) is 8.14. The number of thiazole rings is 1. The summed E-state index contributed by atoms with van der Waals surface area (Å²) in [5.41, 5.74) is 1.67. The molecule has 0 saturated carbocycles. The molecule has 0 saturated heterocycles. The van der Waals surface area contributed by atoms with Crippen molar-refractivity contribution in [2.75, 3.05) is 14.2 Å². The van der Waals surface area contributed by atoms with Crippen LogP contribution in [0.4, 0.5) is 0 Å². The van der Waals surface area contributed by atoms with Gasteiger partial charge in [0.2, 0.25) is 0 Å². The summed E-state index contributed by atoms with van der Waals surface area (Å²) in [4.78, 5) is 18.7. The van der Waals surface area contributed by atoms with E-state index in [0.717, 1.165) is 17.8 Å². The van der Waals surface area contributed by atoms with E-state index in [-0.39, 0.29) is 11.9 Å². The number of para-hydroxylation sites is 1. The number of methoxy groups -OCH3 is 2. The van der Waals surface area contributed by atoms with E-state index >= 15 is 0 Å². The standard InChI is InChI=1S/C18H22N2O3S/c1-11(18-20-13-8-4-5-10-15(13)24-18)19-17(21)12-7-6-9-14(22-2)16(12)23-3/h6-7,9,11H,4-5,8,10H2,1-3H3,(H,19,21). The number of carbonyl (C=O) groups is 1. The van der Waals surface area contributed by atoms with E-state index in [9.17, 15) is 4.79 Å². The minimum absolute atomic E-state index is 0.135. The second kappa shape index (κ2) is 7.21. The largest absolute Gasteiger partial charge is 0.493 e. The number of hydrogen-bond acceptors (Lipinski definition) is 5. The van der Waals surface area contributed by atoms with Crippen molar-refractivity contribution >= 4 is 17.2 Å². The molecule has 1 aliphatic carbocycles. The molecule has 24 heavy (non-hydrogen) atoms. The van der Waals surface area contributed by atoms with E-state index < -0.39 is 0 Å². The third-order valence-electron chi connectivity index (χ3n) is 4.23. The summed E-state index contributed by atoms with van der Waals surface area (Å²) in [7, 11) is 3.09. The first-order chi connectivity index (χ1) is 11.6. The summed E-state index contributed by atoms with van der Waals surface area (Å²) in [6.07, 6.45) is 4.60. The fraction of sp³-hybridized carbons (Fsp3) is 0.444. The number of rotatable bonds is 5. The average molecular weight is 346 g/mol. The molecule has 1 aromatic heterocycles. The molecule has 2 aromatic rings. The van der Waals surface area contributed by atoms with Crippen LogP contribution in [0.15, 0.2) is 18.2 Å². The van der Waals surface area contributed by atoms with E-state index in [2.05, 4.69) is 5.32 Å². The summed E-state index contributed by atoms with van der Waals surface area (Å²) in [6, 6.07) is 5.15. The van der Waals surface area contributed by atoms with Gasteiger partial charge >= 0.3 is 0 Å². The zero-order valence-electron chi connectivity index (χ0n) is 14.2. The Kier molecular flexibility index (Phi) is 5.04. The van der Waals surface area contributed by atoms with E-state index in [0.29, 0.717) is 17.1 Å². The van der Waals surface area contributed by atoms with Gasteiger partial charge in [-0.3, -0.25) is 4.79 Å². The Balaban J connectivity index is 1.78. The van der Waals surface area contributed by atoms with Crippen LogP contribution in [-0.4, -0.2) is 25.1 Å². The number of hydrogen-bond donors (Lipinski definition) is 1. The Morgan fingerprint density at radius 3 is 2.75 bits per heavy atom. The smallest absolute Gasteiger partial charge is 0.255 e. The van der Waals surface area contributed by atoms with Crippen molar-refractivity contribution in [3.63, 3.8) is 0 Å². The molecule has 0 aliphatic heterocycles. The molecule has 1 amide bonds. The van der Waals surface area contributed by atoms with Crippen molar-refractivity contribution in [1.29, 1.82) is 0 Å². The fourth-order valence-electron chi connectivity index (χ4n) is 2.96. The molecule has 1 N–H and O–H groups in total. The predicted molar refractivity (Wildman–Crippen MR) is 94.2 cm³/mol. The van der Waals surface area contributed by atoms with Crippen LogP contribution in [0.1, 0.15) is 51.7 Å². The van der Waals surface area contributed by atoms with Crippen LogP contribution in [0.3, 0.4) is 0 Å².